The number of hydrogen-bond acceptors (Lipinski definition) is 4. The smallest absolute Gasteiger partial charge is 0.412 e. The first-order valence-corrected chi connectivity index (χ1v) is 11.3. The summed E-state index contributed by atoms with van der Waals surface area (Å²) in [6.07, 6.45) is 2.53. The Morgan fingerprint density at radius 1 is 1.06 bits per heavy atom. The number of carbonyl (C=O) groups is 1. The Morgan fingerprint density at radius 2 is 1.74 bits per heavy atom. The van der Waals surface area contributed by atoms with Crippen molar-refractivity contribution in [2.24, 2.45) is 0 Å². The van der Waals surface area contributed by atoms with E-state index in [1.54, 1.807) is 0 Å². The maximum atomic E-state index is 12.0. The van der Waals surface area contributed by atoms with Gasteiger partial charge in [0.1, 0.15) is 5.82 Å². The SMILES string of the molecule is CN(C)c1cc(NC2CCC(N(C(=O)O)c3ccc(Br)cc3)CC2)nc2ccccc12. The molecule has 1 heterocycles. The van der Waals surface area contributed by atoms with Gasteiger partial charge in [0.05, 0.1) is 5.52 Å². The van der Waals surface area contributed by atoms with Crippen LogP contribution in [0.25, 0.3) is 10.9 Å². The van der Waals surface area contributed by atoms with Crippen molar-refractivity contribution >= 4 is 50.1 Å². The van der Waals surface area contributed by atoms with Crippen molar-refractivity contribution in [3.8, 4) is 0 Å². The van der Waals surface area contributed by atoms with Crippen LogP contribution in [-0.4, -0.2) is 42.4 Å². The second-order valence-electron chi connectivity index (χ2n) is 8.22. The fraction of sp³-hybridized carbons (Fsp3) is 0.333. The fourth-order valence-electron chi connectivity index (χ4n) is 4.37. The zero-order valence-corrected chi connectivity index (χ0v) is 19.3. The molecule has 7 heteroatoms. The Labute approximate surface area is 191 Å². The van der Waals surface area contributed by atoms with E-state index < -0.39 is 6.09 Å². The second kappa shape index (κ2) is 9.14. The Morgan fingerprint density at radius 3 is 2.39 bits per heavy atom. The summed E-state index contributed by atoms with van der Waals surface area (Å²) in [4.78, 5) is 20.4. The van der Waals surface area contributed by atoms with Crippen LogP contribution in [0.5, 0.6) is 0 Å². The molecule has 0 spiro atoms. The Bertz CT molecular complexity index is 1060. The molecule has 4 rings (SSSR count). The Balaban J connectivity index is 1.46. The number of benzene rings is 2. The van der Waals surface area contributed by atoms with Crippen molar-refractivity contribution in [3.05, 3.63) is 59.1 Å². The molecule has 1 fully saturated rings. The third-order valence-electron chi connectivity index (χ3n) is 5.90. The molecule has 0 atom stereocenters. The highest BCUT2D eigenvalue weighted by molar-refractivity contribution is 9.10. The average molecular weight is 483 g/mol. The van der Waals surface area contributed by atoms with E-state index in [1.807, 2.05) is 56.6 Å². The number of amides is 1. The lowest BCUT2D eigenvalue weighted by Gasteiger charge is -2.35. The number of carboxylic acid groups (broad SMARTS) is 1. The van der Waals surface area contributed by atoms with Crippen LogP contribution in [0.3, 0.4) is 0 Å². The van der Waals surface area contributed by atoms with Crippen molar-refractivity contribution in [3.63, 3.8) is 0 Å². The predicted octanol–water partition coefficient (Wildman–Crippen LogP) is 5.97. The predicted molar refractivity (Wildman–Crippen MR) is 130 cm³/mol. The molecule has 162 valence electrons. The minimum Gasteiger partial charge on any atom is -0.465 e. The van der Waals surface area contributed by atoms with Crippen LogP contribution in [0.15, 0.2) is 59.1 Å². The molecule has 1 aliphatic rings. The number of nitrogens with one attached hydrogen (secondary N) is 1. The van der Waals surface area contributed by atoms with Crippen LogP contribution >= 0.6 is 15.9 Å². The van der Waals surface area contributed by atoms with Crippen LogP contribution in [0, 0.1) is 0 Å². The summed E-state index contributed by atoms with van der Waals surface area (Å²) in [6.45, 7) is 0. The number of halogens is 1. The molecule has 3 aromatic rings. The minimum absolute atomic E-state index is 0.0152. The van der Waals surface area contributed by atoms with Gasteiger partial charge in [0.2, 0.25) is 0 Å². The van der Waals surface area contributed by atoms with Gasteiger partial charge in [-0.15, -0.1) is 0 Å². The number of hydrogen-bond donors (Lipinski definition) is 2. The molecule has 1 aromatic heterocycles. The maximum absolute atomic E-state index is 12.0. The monoisotopic (exact) mass is 482 g/mol. The molecule has 0 saturated heterocycles. The lowest BCUT2D eigenvalue weighted by Crippen LogP contribution is -2.43. The highest BCUT2D eigenvalue weighted by atomic mass is 79.9. The van der Waals surface area contributed by atoms with Gasteiger partial charge in [-0.25, -0.2) is 9.78 Å². The molecule has 2 N–H and O–H groups in total. The summed E-state index contributed by atoms with van der Waals surface area (Å²) in [7, 11) is 4.08. The first-order valence-electron chi connectivity index (χ1n) is 10.5. The van der Waals surface area contributed by atoms with Crippen molar-refractivity contribution < 1.29 is 9.90 Å². The van der Waals surface area contributed by atoms with Gasteiger partial charge in [-0.3, -0.25) is 4.90 Å². The van der Waals surface area contributed by atoms with Gasteiger partial charge >= 0.3 is 6.09 Å². The first kappa shape index (κ1) is 21.4. The molecule has 0 bridgehead atoms. The third-order valence-corrected chi connectivity index (χ3v) is 6.43. The molecule has 1 saturated carbocycles. The summed E-state index contributed by atoms with van der Waals surface area (Å²) < 4.78 is 0.939. The molecule has 0 unspecified atom stereocenters. The van der Waals surface area contributed by atoms with Gasteiger partial charge in [-0.05, 0) is 56.0 Å². The molecule has 2 aromatic carbocycles. The Kier molecular flexibility index (Phi) is 6.32. The van der Waals surface area contributed by atoms with Gasteiger partial charge in [0, 0.05) is 53.5 Å². The van der Waals surface area contributed by atoms with Crippen LogP contribution in [0.2, 0.25) is 0 Å². The van der Waals surface area contributed by atoms with E-state index in [0.29, 0.717) is 0 Å². The highest BCUT2D eigenvalue weighted by Gasteiger charge is 2.30. The number of rotatable bonds is 5. The van der Waals surface area contributed by atoms with E-state index in [4.69, 9.17) is 4.98 Å². The largest absolute Gasteiger partial charge is 0.465 e. The van der Waals surface area contributed by atoms with E-state index in [2.05, 4.69) is 38.3 Å². The highest BCUT2D eigenvalue weighted by Crippen LogP contribution is 2.32. The van der Waals surface area contributed by atoms with Gasteiger partial charge < -0.3 is 15.3 Å². The normalized spacial score (nSPS) is 18.5. The van der Waals surface area contributed by atoms with Crippen molar-refractivity contribution in [2.45, 2.75) is 37.8 Å². The first-order chi connectivity index (χ1) is 14.9. The minimum atomic E-state index is -0.898. The zero-order chi connectivity index (χ0) is 22.0. The van der Waals surface area contributed by atoms with E-state index in [9.17, 15) is 9.90 Å². The molecular weight excluding hydrogens is 456 g/mol. The van der Waals surface area contributed by atoms with E-state index in [-0.39, 0.29) is 12.1 Å². The molecule has 0 aliphatic heterocycles. The van der Waals surface area contributed by atoms with Gasteiger partial charge in [-0.1, -0.05) is 34.1 Å². The van der Waals surface area contributed by atoms with Gasteiger partial charge in [0.15, 0.2) is 0 Å². The van der Waals surface area contributed by atoms with Crippen molar-refractivity contribution in [1.82, 2.24) is 4.98 Å². The fourth-order valence-corrected chi connectivity index (χ4v) is 4.63. The molecular formula is C24H27BrN4O2. The number of anilines is 3. The van der Waals surface area contributed by atoms with Crippen LogP contribution in [-0.2, 0) is 0 Å². The van der Waals surface area contributed by atoms with Crippen LogP contribution < -0.4 is 15.1 Å². The summed E-state index contributed by atoms with van der Waals surface area (Å²) in [6, 6.07) is 18.0. The van der Waals surface area contributed by atoms with Crippen molar-refractivity contribution in [1.29, 1.82) is 0 Å². The van der Waals surface area contributed by atoms with E-state index in [1.165, 1.54) is 4.90 Å². The van der Waals surface area contributed by atoms with E-state index >= 15 is 0 Å². The van der Waals surface area contributed by atoms with E-state index in [0.717, 1.165) is 58.3 Å². The number of para-hydroxylation sites is 1. The number of fused-ring (bicyclic) bond motifs is 1. The lowest BCUT2D eigenvalue weighted by atomic mass is 9.90. The molecule has 6 nitrogen and oxygen atoms in total. The number of nitrogens with zero attached hydrogens (tertiary/aromatic N) is 3. The van der Waals surface area contributed by atoms with Crippen molar-refractivity contribution in [2.75, 3.05) is 29.2 Å². The molecule has 0 radical (unpaired) electrons. The van der Waals surface area contributed by atoms with Crippen LogP contribution in [0.1, 0.15) is 25.7 Å². The summed E-state index contributed by atoms with van der Waals surface area (Å²) in [5.74, 6) is 0.869. The lowest BCUT2D eigenvalue weighted by molar-refractivity contribution is 0.196. The number of pyridine rings is 1. The molecule has 1 amide bonds. The average Bonchev–Trinajstić information content (AvgIpc) is 2.75. The Hall–Kier alpha value is -2.80. The maximum Gasteiger partial charge on any atom is 0.412 e. The topological polar surface area (TPSA) is 68.7 Å². The third kappa shape index (κ3) is 4.77. The van der Waals surface area contributed by atoms with Gasteiger partial charge in [-0.2, -0.15) is 0 Å². The summed E-state index contributed by atoms with van der Waals surface area (Å²) in [5, 5.41) is 14.5. The summed E-state index contributed by atoms with van der Waals surface area (Å²) in [5.41, 5.74) is 2.82. The standard InChI is InChI=1S/C24H27BrN4O2/c1-28(2)22-15-23(27-21-6-4-3-5-20(21)22)26-17-9-13-19(14-10-17)29(24(30)31)18-11-7-16(25)8-12-18/h3-8,11-12,15,17,19H,9-10,13-14H2,1-2H3,(H,26,27)(H,30,31). The molecule has 31 heavy (non-hydrogen) atoms. The van der Waals surface area contributed by atoms with Crippen LogP contribution in [0.4, 0.5) is 22.0 Å². The number of aromatic nitrogens is 1. The van der Waals surface area contributed by atoms with Gasteiger partial charge in [0.25, 0.3) is 0 Å². The summed E-state index contributed by atoms with van der Waals surface area (Å²) >= 11 is 3.41. The molecule has 1 aliphatic carbocycles. The quantitative estimate of drug-likeness (QED) is 0.468. The second-order valence-corrected chi connectivity index (χ2v) is 9.13. The zero-order valence-electron chi connectivity index (χ0n) is 17.8.